The van der Waals surface area contributed by atoms with Crippen LogP contribution in [0.4, 0.5) is 15.8 Å². The van der Waals surface area contributed by atoms with Crippen molar-refractivity contribution in [1.82, 2.24) is 0 Å². The van der Waals surface area contributed by atoms with Crippen LogP contribution in [0.15, 0.2) is 30.4 Å². The Bertz CT molecular complexity index is 321. The van der Waals surface area contributed by atoms with Crippen LogP contribution in [-0.4, -0.2) is 6.54 Å². The van der Waals surface area contributed by atoms with Crippen LogP contribution in [0.3, 0.4) is 0 Å². The highest BCUT2D eigenvalue weighted by Crippen LogP contribution is 2.18. The van der Waals surface area contributed by atoms with Crippen molar-refractivity contribution in [3.63, 3.8) is 0 Å². The predicted octanol–water partition coefficient (Wildman–Crippen LogP) is 2.79. The lowest BCUT2D eigenvalue weighted by molar-refractivity contribution is 0.628. The first-order chi connectivity index (χ1) is 6.74. The van der Waals surface area contributed by atoms with Gasteiger partial charge in [-0.3, -0.25) is 0 Å². The first-order valence-corrected chi connectivity index (χ1v) is 4.68. The number of allylic oxidation sites excluding steroid dienone is 1. The number of anilines is 2. The van der Waals surface area contributed by atoms with Gasteiger partial charge in [0.05, 0.1) is 11.4 Å². The summed E-state index contributed by atoms with van der Waals surface area (Å²) in [4.78, 5) is 0. The van der Waals surface area contributed by atoms with Crippen molar-refractivity contribution in [1.29, 1.82) is 0 Å². The maximum absolute atomic E-state index is 12.8. The average molecular weight is 194 g/mol. The molecule has 0 aromatic heterocycles. The molecule has 1 aromatic rings. The summed E-state index contributed by atoms with van der Waals surface area (Å²) in [5.41, 5.74) is 6.86. The van der Waals surface area contributed by atoms with Crippen molar-refractivity contribution in [3.8, 4) is 0 Å². The maximum Gasteiger partial charge on any atom is 0.125 e. The Morgan fingerprint density at radius 3 is 2.93 bits per heavy atom. The number of nitrogen functional groups attached to an aromatic ring is 1. The molecular formula is C11H15FN2. The summed E-state index contributed by atoms with van der Waals surface area (Å²) in [6.07, 6.45) is 5.03. The lowest BCUT2D eigenvalue weighted by Crippen LogP contribution is -2.02. The van der Waals surface area contributed by atoms with Crippen LogP contribution < -0.4 is 11.1 Å². The SMILES string of the molecule is CC/C=C/CNc1cc(F)ccc1N. The van der Waals surface area contributed by atoms with Crippen LogP contribution in [0, 0.1) is 5.82 Å². The molecule has 0 aliphatic rings. The predicted molar refractivity (Wildman–Crippen MR) is 58.7 cm³/mol. The number of hydrogen-bond donors (Lipinski definition) is 2. The van der Waals surface area contributed by atoms with Crippen LogP contribution >= 0.6 is 0 Å². The molecule has 3 heteroatoms. The second kappa shape index (κ2) is 5.27. The number of halogens is 1. The first-order valence-electron chi connectivity index (χ1n) is 4.68. The van der Waals surface area contributed by atoms with Crippen molar-refractivity contribution < 1.29 is 4.39 Å². The summed E-state index contributed by atoms with van der Waals surface area (Å²) in [7, 11) is 0. The molecule has 14 heavy (non-hydrogen) atoms. The molecule has 0 atom stereocenters. The Morgan fingerprint density at radius 1 is 1.43 bits per heavy atom. The van der Waals surface area contributed by atoms with Crippen molar-refractivity contribution >= 4 is 11.4 Å². The van der Waals surface area contributed by atoms with E-state index in [0.29, 0.717) is 17.9 Å². The number of rotatable bonds is 4. The highest BCUT2D eigenvalue weighted by molar-refractivity contribution is 5.65. The maximum atomic E-state index is 12.8. The van der Waals surface area contributed by atoms with Gasteiger partial charge in [0.15, 0.2) is 0 Å². The molecule has 0 radical (unpaired) electrons. The Balaban J connectivity index is 2.57. The van der Waals surface area contributed by atoms with Crippen LogP contribution in [0.1, 0.15) is 13.3 Å². The normalized spacial score (nSPS) is 10.7. The Hall–Kier alpha value is -1.51. The fraction of sp³-hybridized carbons (Fsp3) is 0.273. The number of benzene rings is 1. The largest absolute Gasteiger partial charge is 0.397 e. The number of hydrogen-bond acceptors (Lipinski definition) is 2. The summed E-state index contributed by atoms with van der Waals surface area (Å²) in [5, 5.41) is 3.04. The zero-order chi connectivity index (χ0) is 10.4. The minimum absolute atomic E-state index is 0.277. The van der Waals surface area contributed by atoms with E-state index in [2.05, 4.69) is 12.2 Å². The monoisotopic (exact) mass is 194 g/mol. The molecule has 0 saturated carbocycles. The van der Waals surface area contributed by atoms with Crippen molar-refractivity contribution in [2.45, 2.75) is 13.3 Å². The molecular weight excluding hydrogens is 179 g/mol. The third-order valence-corrected chi connectivity index (χ3v) is 1.83. The lowest BCUT2D eigenvalue weighted by atomic mass is 10.2. The lowest BCUT2D eigenvalue weighted by Gasteiger charge is -2.06. The van der Waals surface area contributed by atoms with E-state index >= 15 is 0 Å². The van der Waals surface area contributed by atoms with Crippen molar-refractivity contribution in [3.05, 3.63) is 36.2 Å². The van der Waals surface area contributed by atoms with E-state index in [0.717, 1.165) is 6.42 Å². The van der Waals surface area contributed by atoms with Gasteiger partial charge in [0.1, 0.15) is 5.82 Å². The standard InChI is InChI=1S/C11H15FN2/c1-2-3-4-7-14-11-8-9(12)5-6-10(11)13/h3-6,8,14H,2,7,13H2,1H3/b4-3+. The molecule has 1 rings (SSSR count). The molecule has 0 amide bonds. The molecule has 0 aliphatic carbocycles. The van der Waals surface area contributed by atoms with Crippen molar-refractivity contribution in [2.24, 2.45) is 0 Å². The fourth-order valence-corrected chi connectivity index (χ4v) is 1.10. The molecule has 0 unspecified atom stereocenters. The summed E-state index contributed by atoms with van der Waals surface area (Å²) in [6.45, 7) is 2.73. The Labute approximate surface area is 83.6 Å². The summed E-state index contributed by atoms with van der Waals surface area (Å²) < 4.78 is 12.8. The molecule has 76 valence electrons. The van der Waals surface area contributed by atoms with Crippen LogP contribution in [0.2, 0.25) is 0 Å². The van der Waals surface area contributed by atoms with Gasteiger partial charge in [0.2, 0.25) is 0 Å². The molecule has 2 nitrogen and oxygen atoms in total. The molecule has 0 heterocycles. The minimum atomic E-state index is -0.277. The van der Waals surface area contributed by atoms with Gasteiger partial charge >= 0.3 is 0 Å². The zero-order valence-corrected chi connectivity index (χ0v) is 8.26. The van der Waals surface area contributed by atoms with Crippen LogP contribution in [-0.2, 0) is 0 Å². The zero-order valence-electron chi connectivity index (χ0n) is 8.26. The molecule has 0 fully saturated rings. The highest BCUT2D eigenvalue weighted by atomic mass is 19.1. The van der Waals surface area contributed by atoms with Crippen molar-refractivity contribution in [2.75, 3.05) is 17.6 Å². The summed E-state index contributed by atoms with van der Waals surface area (Å²) >= 11 is 0. The van der Waals surface area contributed by atoms with Gasteiger partial charge in [-0.05, 0) is 24.6 Å². The smallest absolute Gasteiger partial charge is 0.125 e. The first kappa shape index (κ1) is 10.6. The summed E-state index contributed by atoms with van der Waals surface area (Å²) in [6, 6.07) is 4.30. The second-order valence-electron chi connectivity index (χ2n) is 2.99. The van der Waals surface area contributed by atoms with E-state index in [9.17, 15) is 4.39 Å². The van der Waals surface area contributed by atoms with Gasteiger partial charge < -0.3 is 11.1 Å². The Kier molecular flexibility index (Phi) is 3.98. The topological polar surface area (TPSA) is 38.0 Å². The molecule has 0 saturated heterocycles. The van der Waals surface area contributed by atoms with E-state index in [-0.39, 0.29) is 5.82 Å². The second-order valence-corrected chi connectivity index (χ2v) is 2.99. The summed E-state index contributed by atoms with van der Waals surface area (Å²) in [5.74, 6) is -0.277. The van der Waals surface area contributed by atoms with E-state index in [1.165, 1.54) is 12.1 Å². The number of nitrogens with two attached hydrogens (primary N) is 1. The highest BCUT2D eigenvalue weighted by Gasteiger charge is 1.98. The van der Waals surface area contributed by atoms with Gasteiger partial charge in [-0.25, -0.2) is 4.39 Å². The van der Waals surface area contributed by atoms with E-state index in [4.69, 9.17) is 5.73 Å². The van der Waals surface area contributed by atoms with Gasteiger partial charge in [0.25, 0.3) is 0 Å². The third kappa shape index (κ3) is 3.09. The van der Waals surface area contributed by atoms with Gasteiger partial charge in [-0.1, -0.05) is 19.1 Å². The number of nitrogens with one attached hydrogen (secondary N) is 1. The van der Waals surface area contributed by atoms with Gasteiger partial charge in [-0.2, -0.15) is 0 Å². The van der Waals surface area contributed by atoms with E-state index in [1.807, 2.05) is 12.2 Å². The van der Waals surface area contributed by atoms with E-state index < -0.39 is 0 Å². The molecule has 3 N–H and O–H groups in total. The van der Waals surface area contributed by atoms with Crippen LogP contribution in [0.25, 0.3) is 0 Å². The molecule has 0 spiro atoms. The van der Waals surface area contributed by atoms with E-state index in [1.54, 1.807) is 6.07 Å². The van der Waals surface area contributed by atoms with Crippen LogP contribution in [0.5, 0.6) is 0 Å². The minimum Gasteiger partial charge on any atom is -0.397 e. The molecule has 0 bridgehead atoms. The molecule has 0 aliphatic heterocycles. The molecule has 1 aromatic carbocycles. The fourth-order valence-electron chi connectivity index (χ4n) is 1.10. The Morgan fingerprint density at radius 2 is 2.21 bits per heavy atom. The van der Waals surface area contributed by atoms with Gasteiger partial charge in [-0.15, -0.1) is 0 Å². The average Bonchev–Trinajstić information content (AvgIpc) is 2.18. The quantitative estimate of drug-likeness (QED) is 0.571. The van der Waals surface area contributed by atoms with Gasteiger partial charge in [0, 0.05) is 6.54 Å². The third-order valence-electron chi connectivity index (χ3n) is 1.83.